The van der Waals surface area contributed by atoms with Crippen LogP contribution in [-0.4, -0.2) is 17.4 Å². The highest BCUT2D eigenvalue weighted by Crippen LogP contribution is 1.99. The average Bonchev–Trinajstić information content (AvgIpc) is 2.16. The molecule has 0 saturated heterocycles. The van der Waals surface area contributed by atoms with E-state index in [2.05, 4.69) is 15.4 Å². The number of rotatable bonds is 2. The molecule has 3 N–H and O–H groups in total. The second-order valence-corrected chi connectivity index (χ2v) is 2.66. The van der Waals surface area contributed by atoms with Crippen LogP contribution in [0.2, 0.25) is 0 Å². The van der Waals surface area contributed by atoms with Gasteiger partial charge in [-0.2, -0.15) is 0 Å². The Hall–Kier alpha value is -1.42. The Morgan fingerprint density at radius 2 is 2.38 bits per heavy atom. The molecule has 4 nitrogen and oxygen atoms in total. The summed E-state index contributed by atoms with van der Waals surface area (Å²) in [6, 6.07) is 3.87. The molecule has 1 aromatic heterocycles. The SMILES string of the molecule is CCN=C(NN)c1ccc(C)nc1. The van der Waals surface area contributed by atoms with Crippen LogP contribution in [0, 0.1) is 6.92 Å². The standard InChI is InChI=1S/C9H14N4/c1-3-11-9(13-10)8-5-4-7(2)12-6-8/h4-6H,3,10H2,1-2H3,(H,11,13). The van der Waals surface area contributed by atoms with Gasteiger partial charge in [0.15, 0.2) is 0 Å². The first kappa shape index (κ1) is 9.67. The number of hydrogen-bond donors (Lipinski definition) is 2. The topological polar surface area (TPSA) is 63.3 Å². The van der Waals surface area contributed by atoms with E-state index in [4.69, 9.17) is 5.84 Å². The summed E-state index contributed by atoms with van der Waals surface area (Å²) in [4.78, 5) is 8.34. The first-order valence-corrected chi connectivity index (χ1v) is 4.22. The van der Waals surface area contributed by atoms with Crippen LogP contribution in [0.25, 0.3) is 0 Å². The van der Waals surface area contributed by atoms with Crippen LogP contribution in [0.15, 0.2) is 23.3 Å². The van der Waals surface area contributed by atoms with Gasteiger partial charge >= 0.3 is 0 Å². The summed E-state index contributed by atoms with van der Waals surface area (Å²) in [6.07, 6.45) is 1.75. The fourth-order valence-electron chi connectivity index (χ4n) is 0.986. The molecule has 0 atom stereocenters. The molecule has 0 aliphatic rings. The van der Waals surface area contributed by atoms with Crippen molar-refractivity contribution in [2.24, 2.45) is 10.8 Å². The summed E-state index contributed by atoms with van der Waals surface area (Å²) in [7, 11) is 0. The van der Waals surface area contributed by atoms with Crippen LogP contribution in [0.5, 0.6) is 0 Å². The smallest absolute Gasteiger partial charge is 0.144 e. The van der Waals surface area contributed by atoms with Crippen LogP contribution in [-0.2, 0) is 0 Å². The van der Waals surface area contributed by atoms with Gasteiger partial charge in [-0.05, 0) is 26.0 Å². The van der Waals surface area contributed by atoms with Gasteiger partial charge in [0.1, 0.15) is 5.84 Å². The quantitative estimate of drug-likeness (QED) is 0.302. The molecule has 0 unspecified atom stereocenters. The lowest BCUT2D eigenvalue weighted by atomic mass is 10.2. The molecule has 0 spiro atoms. The summed E-state index contributed by atoms with van der Waals surface area (Å²) >= 11 is 0. The maximum Gasteiger partial charge on any atom is 0.144 e. The monoisotopic (exact) mass is 178 g/mol. The molecule has 1 aromatic rings. The predicted octanol–water partition coefficient (Wildman–Crippen LogP) is 0.620. The van der Waals surface area contributed by atoms with E-state index < -0.39 is 0 Å². The van der Waals surface area contributed by atoms with Gasteiger partial charge < -0.3 is 5.43 Å². The molecule has 0 aromatic carbocycles. The molecule has 0 saturated carbocycles. The van der Waals surface area contributed by atoms with Gasteiger partial charge in [-0.25, -0.2) is 5.84 Å². The summed E-state index contributed by atoms with van der Waals surface area (Å²) in [5.41, 5.74) is 4.44. The van der Waals surface area contributed by atoms with E-state index in [1.165, 1.54) is 0 Å². The molecule has 0 bridgehead atoms. The number of hydrogen-bond acceptors (Lipinski definition) is 3. The molecule has 0 radical (unpaired) electrons. The Kier molecular flexibility index (Phi) is 3.40. The Morgan fingerprint density at radius 3 is 2.85 bits per heavy atom. The van der Waals surface area contributed by atoms with Gasteiger partial charge in [-0.1, -0.05) is 0 Å². The fraction of sp³-hybridized carbons (Fsp3) is 0.333. The van der Waals surface area contributed by atoms with Gasteiger partial charge in [0, 0.05) is 24.0 Å². The van der Waals surface area contributed by atoms with E-state index in [0.29, 0.717) is 12.4 Å². The van der Waals surface area contributed by atoms with E-state index >= 15 is 0 Å². The van der Waals surface area contributed by atoms with Crippen LogP contribution in [0.1, 0.15) is 18.2 Å². The number of pyridine rings is 1. The van der Waals surface area contributed by atoms with Crippen molar-refractivity contribution in [1.82, 2.24) is 10.4 Å². The summed E-state index contributed by atoms with van der Waals surface area (Å²) in [6.45, 7) is 4.60. The van der Waals surface area contributed by atoms with E-state index in [0.717, 1.165) is 11.3 Å². The van der Waals surface area contributed by atoms with E-state index in [1.54, 1.807) is 6.20 Å². The Morgan fingerprint density at radius 1 is 1.62 bits per heavy atom. The molecule has 0 fully saturated rings. The second kappa shape index (κ2) is 4.57. The minimum Gasteiger partial charge on any atom is -0.308 e. The first-order valence-electron chi connectivity index (χ1n) is 4.22. The number of hydrazine groups is 1. The van der Waals surface area contributed by atoms with Gasteiger partial charge in [0.05, 0.1) is 0 Å². The summed E-state index contributed by atoms with van der Waals surface area (Å²) in [5, 5.41) is 0. The summed E-state index contributed by atoms with van der Waals surface area (Å²) < 4.78 is 0. The molecular weight excluding hydrogens is 164 g/mol. The molecule has 0 aliphatic heterocycles. The van der Waals surface area contributed by atoms with Crippen molar-refractivity contribution in [2.45, 2.75) is 13.8 Å². The molecule has 0 amide bonds. The summed E-state index contributed by atoms with van der Waals surface area (Å²) in [5.74, 6) is 6.00. The van der Waals surface area contributed by atoms with Gasteiger partial charge in [-0.15, -0.1) is 0 Å². The highest BCUT2D eigenvalue weighted by atomic mass is 15.2. The normalized spacial score (nSPS) is 11.5. The highest BCUT2D eigenvalue weighted by Gasteiger charge is 1.99. The zero-order valence-corrected chi connectivity index (χ0v) is 7.91. The average molecular weight is 178 g/mol. The number of nitrogens with zero attached hydrogens (tertiary/aromatic N) is 2. The van der Waals surface area contributed by atoms with E-state index in [1.807, 2.05) is 26.0 Å². The number of nitrogens with two attached hydrogens (primary N) is 1. The third kappa shape index (κ3) is 2.52. The van der Waals surface area contributed by atoms with Crippen molar-refractivity contribution >= 4 is 5.84 Å². The minimum atomic E-state index is 0.676. The third-order valence-corrected chi connectivity index (χ3v) is 1.64. The van der Waals surface area contributed by atoms with E-state index in [9.17, 15) is 0 Å². The molecule has 0 aliphatic carbocycles. The zero-order chi connectivity index (χ0) is 9.68. The number of nitrogens with one attached hydrogen (secondary N) is 1. The van der Waals surface area contributed by atoms with Gasteiger partial charge in [0.2, 0.25) is 0 Å². The minimum absolute atomic E-state index is 0.676. The zero-order valence-electron chi connectivity index (χ0n) is 7.91. The van der Waals surface area contributed by atoms with Crippen LogP contribution >= 0.6 is 0 Å². The van der Waals surface area contributed by atoms with Crippen LogP contribution < -0.4 is 11.3 Å². The first-order chi connectivity index (χ1) is 6.27. The molecule has 1 rings (SSSR count). The van der Waals surface area contributed by atoms with E-state index in [-0.39, 0.29) is 0 Å². The fourth-order valence-corrected chi connectivity index (χ4v) is 0.986. The lowest BCUT2D eigenvalue weighted by Gasteiger charge is -2.04. The Balaban J connectivity index is 2.92. The Labute approximate surface area is 77.9 Å². The molecule has 4 heteroatoms. The van der Waals surface area contributed by atoms with Crippen molar-refractivity contribution in [2.75, 3.05) is 6.54 Å². The lowest BCUT2D eigenvalue weighted by molar-refractivity contribution is 0.988. The molecule has 70 valence electrons. The lowest BCUT2D eigenvalue weighted by Crippen LogP contribution is -2.31. The van der Waals surface area contributed by atoms with Crippen LogP contribution in [0.3, 0.4) is 0 Å². The highest BCUT2D eigenvalue weighted by molar-refractivity contribution is 5.98. The van der Waals surface area contributed by atoms with Gasteiger partial charge in [-0.3, -0.25) is 9.98 Å². The van der Waals surface area contributed by atoms with Crippen molar-refractivity contribution < 1.29 is 0 Å². The number of aliphatic imine (C=N–C) groups is 1. The van der Waals surface area contributed by atoms with Crippen molar-refractivity contribution in [1.29, 1.82) is 0 Å². The Bertz CT molecular complexity index is 289. The third-order valence-electron chi connectivity index (χ3n) is 1.64. The maximum absolute atomic E-state index is 5.32. The largest absolute Gasteiger partial charge is 0.308 e. The van der Waals surface area contributed by atoms with Crippen molar-refractivity contribution in [3.05, 3.63) is 29.6 Å². The number of amidine groups is 1. The molecular formula is C9H14N4. The maximum atomic E-state index is 5.32. The molecule has 1 heterocycles. The van der Waals surface area contributed by atoms with Crippen molar-refractivity contribution in [3.8, 4) is 0 Å². The molecule has 13 heavy (non-hydrogen) atoms. The van der Waals surface area contributed by atoms with Gasteiger partial charge in [0.25, 0.3) is 0 Å². The number of aromatic nitrogens is 1. The van der Waals surface area contributed by atoms with Crippen LogP contribution in [0.4, 0.5) is 0 Å². The predicted molar refractivity (Wildman–Crippen MR) is 53.4 cm³/mol. The van der Waals surface area contributed by atoms with Crippen molar-refractivity contribution in [3.63, 3.8) is 0 Å². The number of aryl methyl sites for hydroxylation is 1. The second-order valence-electron chi connectivity index (χ2n) is 2.66.